The summed E-state index contributed by atoms with van der Waals surface area (Å²) in [6.45, 7) is 0. The van der Waals surface area contributed by atoms with E-state index in [4.69, 9.17) is 17.3 Å². The number of nitrogens with two attached hydrogens (primary N) is 1. The molecule has 0 atom stereocenters. The Kier molecular flexibility index (Phi) is 2.55. The normalized spacial score (nSPS) is 11.3. The summed E-state index contributed by atoms with van der Waals surface area (Å²) in [4.78, 5) is 4.38. The van der Waals surface area contributed by atoms with E-state index in [1.165, 1.54) is 0 Å². The number of nitrogen functional groups attached to an aromatic ring is 1. The van der Waals surface area contributed by atoms with E-state index in [1.807, 2.05) is 28.7 Å². The van der Waals surface area contributed by atoms with Crippen molar-refractivity contribution < 1.29 is 0 Å². The second kappa shape index (κ2) is 4.43. The van der Waals surface area contributed by atoms with Gasteiger partial charge in [0, 0.05) is 11.3 Å². The van der Waals surface area contributed by atoms with Crippen LogP contribution in [0.4, 0.5) is 5.69 Å². The molecule has 0 aliphatic rings. The van der Waals surface area contributed by atoms with Gasteiger partial charge in [0.15, 0.2) is 11.5 Å². The fraction of sp³-hybridized carbons (Fsp3) is 0. The van der Waals surface area contributed by atoms with Crippen LogP contribution >= 0.6 is 11.6 Å². The van der Waals surface area contributed by atoms with E-state index in [9.17, 15) is 0 Å². The summed E-state index contributed by atoms with van der Waals surface area (Å²) in [5.41, 5.74) is 9.70. The Labute approximate surface area is 125 Å². The SMILES string of the molecule is Nc1ccc(Cl)c(-c2nnc3cnc4ccccc4n23)c1. The van der Waals surface area contributed by atoms with Crippen molar-refractivity contribution in [2.24, 2.45) is 0 Å². The third-order valence-corrected chi connectivity index (χ3v) is 3.69. The number of aromatic nitrogens is 4. The summed E-state index contributed by atoms with van der Waals surface area (Å²) in [5.74, 6) is 0.654. The molecule has 0 amide bonds. The van der Waals surface area contributed by atoms with Gasteiger partial charge in [-0.25, -0.2) is 0 Å². The van der Waals surface area contributed by atoms with Gasteiger partial charge in [-0.1, -0.05) is 23.7 Å². The van der Waals surface area contributed by atoms with Gasteiger partial charge in [0.25, 0.3) is 0 Å². The summed E-state index contributed by atoms with van der Waals surface area (Å²) in [5, 5.41) is 9.00. The molecule has 2 heterocycles. The molecule has 5 nitrogen and oxygen atoms in total. The second-order valence-electron chi connectivity index (χ2n) is 4.70. The predicted octanol–water partition coefficient (Wildman–Crippen LogP) is 3.18. The number of para-hydroxylation sites is 2. The van der Waals surface area contributed by atoms with Crippen LogP contribution in [0.1, 0.15) is 0 Å². The molecule has 2 aromatic heterocycles. The van der Waals surface area contributed by atoms with Crippen molar-refractivity contribution in [1.82, 2.24) is 19.6 Å². The second-order valence-corrected chi connectivity index (χ2v) is 5.11. The van der Waals surface area contributed by atoms with Gasteiger partial charge in [-0.05, 0) is 30.3 Å². The van der Waals surface area contributed by atoms with E-state index in [-0.39, 0.29) is 0 Å². The molecule has 4 aromatic rings. The third kappa shape index (κ3) is 1.82. The van der Waals surface area contributed by atoms with E-state index in [2.05, 4.69) is 15.2 Å². The van der Waals surface area contributed by atoms with Crippen molar-refractivity contribution in [1.29, 1.82) is 0 Å². The van der Waals surface area contributed by atoms with Crippen molar-refractivity contribution in [2.45, 2.75) is 0 Å². The van der Waals surface area contributed by atoms with Crippen LogP contribution in [-0.4, -0.2) is 19.6 Å². The molecule has 6 heteroatoms. The molecule has 4 rings (SSSR count). The lowest BCUT2D eigenvalue weighted by atomic mass is 10.2. The lowest BCUT2D eigenvalue weighted by Gasteiger charge is -2.06. The number of nitrogens with zero attached hydrogens (tertiary/aromatic N) is 4. The van der Waals surface area contributed by atoms with Gasteiger partial charge >= 0.3 is 0 Å². The zero-order chi connectivity index (χ0) is 14.4. The van der Waals surface area contributed by atoms with Gasteiger partial charge in [0.05, 0.1) is 22.3 Å². The zero-order valence-electron chi connectivity index (χ0n) is 10.9. The van der Waals surface area contributed by atoms with Crippen LogP contribution in [0.2, 0.25) is 5.02 Å². The molecule has 0 aliphatic carbocycles. The maximum Gasteiger partial charge on any atom is 0.180 e. The minimum atomic E-state index is 0.583. The molecule has 0 fully saturated rings. The number of rotatable bonds is 1. The molecule has 2 aromatic carbocycles. The Morgan fingerprint density at radius 3 is 2.81 bits per heavy atom. The Hall–Kier alpha value is -2.66. The molecule has 21 heavy (non-hydrogen) atoms. The number of hydrogen-bond donors (Lipinski definition) is 1. The van der Waals surface area contributed by atoms with Gasteiger partial charge < -0.3 is 5.73 Å². The first-order valence-corrected chi connectivity index (χ1v) is 6.76. The fourth-order valence-electron chi connectivity index (χ4n) is 2.40. The minimum absolute atomic E-state index is 0.583. The topological polar surface area (TPSA) is 69.1 Å². The molecule has 0 bridgehead atoms. The van der Waals surface area contributed by atoms with Gasteiger partial charge in [-0.3, -0.25) is 9.38 Å². The monoisotopic (exact) mass is 295 g/mol. The van der Waals surface area contributed by atoms with Crippen LogP contribution in [0.5, 0.6) is 0 Å². The highest BCUT2D eigenvalue weighted by molar-refractivity contribution is 6.33. The molecule has 102 valence electrons. The highest BCUT2D eigenvalue weighted by atomic mass is 35.5. The van der Waals surface area contributed by atoms with E-state index >= 15 is 0 Å². The highest BCUT2D eigenvalue weighted by Crippen LogP contribution is 2.30. The smallest absolute Gasteiger partial charge is 0.180 e. The van der Waals surface area contributed by atoms with Crippen LogP contribution in [-0.2, 0) is 0 Å². The van der Waals surface area contributed by atoms with E-state index in [0.29, 0.717) is 22.2 Å². The Bertz CT molecular complexity index is 976. The molecular weight excluding hydrogens is 286 g/mol. The van der Waals surface area contributed by atoms with Crippen molar-refractivity contribution in [2.75, 3.05) is 5.73 Å². The average molecular weight is 296 g/mol. The summed E-state index contributed by atoms with van der Waals surface area (Å²) in [6, 6.07) is 13.1. The fourth-order valence-corrected chi connectivity index (χ4v) is 2.60. The molecule has 0 aliphatic heterocycles. The largest absolute Gasteiger partial charge is 0.399 e. The quantitative estimate of drug-likeness (QED) is 0.548. The average Bonchev–Trinajstić information content (AvgIpc) is 2.94. The number of hydrogen-bond acceptors (Lipinski definition) is 4. The van der Waals surface area contributed by atoms with E-state index < -0.39 is 0 Å². The van der Waals surface area contributed by atoms with Crippen molar-refractivity contribution in [3.8, 4) is 11.4 Å². The van der Waals surface area contributed by atoms with Crippen LogP contribution in [0.3, 0.4) is 0 Å². The van der Waals surface area contributed by atoms with Gasteiger partial charge in [-0.15, -0.1) is 10.2 Å². The lowest BCUT2D eigenvalue weighted by molar-refractivity contribution is 1.12. The molecule has 0 radical (unpaired) electrons. The van der Waals surface area contributed by atoms with Gasteiger partial charge in [0.2, 0.25) is 0 Å². The summed E-state index contributed by atoms with van der Waals surface area (Å²) in [7, 11) is 0. The summed E-state index contributed by atoms with van der Waals surface area (Å²) >= 11 is 6.29. The van der Waals surface area contributed by atoms with Gasteiger partial charge in [-0.2, -0.15) is 0 Å². The maximum atomic E-state index is 6.29. The molecule has 0 saturated carbocycles. The van der Waals surface area contributed by atoms with E-state index in [0.717, 1.165) is 16.6 Å². The van der Waals surface area contributed by atoms with Crippen LogP contribution in [0, 0.1) is 0 Å². The number of benzene rings is 2. The maximum absolute atomic E-state index is 6.29. The van der Waals surface area contributed by atoms with Crippen molar-refractivity contribution in [3.05, 3.63) is 53.7 Å². The predicted molar refractivity (Wildman–Crippen MR) is 83.1 cm³/mol. The molecule has 0 unspecified atom stereocenters. The first-order chi connectivity index (χ1) is 10.2. The summed E-state index contributed by atoms with van der Waals surface area (Å²) < 4.78 is 1.93. The Morgan fingerprint density at radius 1 is 1.05 bits per heavy atom. The molecule has 2 N–H and O–H groups in total. The highest BCUT2D eigenvalue weighted by Gasteiger charge is 2.14. The Morgan fingerprint density at radius 2 is 1.90 bits per heavy atom. The molecular formula is C15H10ClN5. The molecule has 0 saturated heterocycles. The van der Waals surface area contributed by atoms with Crippen LogP contribution in [0.25, 0.3) is 28.1 Å². The van der Waals surface area contributed by atoms with Gasteiger partial charge in [0.1, 0.15) is 0 Å². The standard InChI is InChI=1S/C15H10ClN5/c16-11-6-5-9(17)7-10(11)15-20-19-14-8-18-12-3-1-2-4-13(12)21(14)15/h1-8H,17H2. The van der Waals surface area contributed by atoms with E-state index in [1.54, 1.807) is 24.4 Å². The number of halogens is 1. The third-order valence-electron chi connectivity index (χ3n) is 3.36. The van der Waals surface area contributed by atoms with Crippen molar-refractivity contribution in [3.63, 3.8) is 0 Å². The van der Waals surface area contributed by atoms with Crippen LogP contribution in [0.15, 0.2) is 48.7 Å². The number of fused-ring (bicyclic) bond motifs is 3. The Balaban J connectivity index is 2.14. The zero-order valence-corrected chi connectivity index (χ0v) is 11.6. The van der Waals surface area contributed by atoms with Crippen LogP contribution < -0.4 is 5.73 Å². The minimum Gasteiger partial charge on any atom is -0.399 e. The first-order valence-electron chi connectivity index (χ1n) is 6.38. The molecule has 0 spiro atoms. The summed E-state index contributed by atoms with van der Waals surface area (Å²) in [6.07, 6.45) is 1.69. The first kappa shape index (κ1) is 12.1. The lowest BCUT2D eigenvalue weighted by Crippen LogP contribution is -1.95. The van der Waals surface area contributed by atoms with Crippen molar-refractivity contribution >= 4 is 34.0 Å². The number of anilines is 1.